The average Bonchev–Trinajstić information content (AvgIpc) is 2.24. The van der Waals surface area contributed by atoms with Crippen LogP contribution in [-0.4, -0.2) is 23.2 Å². The van der Waals surface area contributed by atoms with Crippen LogP contribution in [0.4, 0.5) is 18.9 Å². The molecule has 0 aromatic heterocycles. The van der Waals surface area contributed by atoms with Crippen molar-refractivity contribution in [2.75, 3.05) is 13.2 Å². The van der Waals surface area contributed by atoms with Crippen molar-refractivity contribution in [3.05, 3.63) is 33.9 Å². The number of benzene rings is 1. The lowest BCUT2D eigenvalue weighted by Crippen LogP contribution is -2.11. The Hall–Kier alpha value is -1.83. The number of nitro benzene ring substituents is 1. The fourth-order valence-electron chi connectivity index (χ4n) is 1.13. The molecule has 8 heteroatoms. The summed E-state index contributed by atoms with van der Waals surface area (Å²) in [5.74, 6) is -0.544. The second-order valence-corrected chi connectivity index (χ2v) is 3.01. The van der Waals surface area contributed by atoms with E-state index in [-0.39, 0.29) is 6.61 Å². The van der Waals surface area contributed by atoms with E-state index in [2.05, 4.69) is 4.74 Å². The fraction of sp³-hybridized carbons (Fsp3) is 0.333. The summed E-state index contributed by atoms with van der Waals surface area (Å²) in [7, 11) is 0. The van der Waals surface area contributed by atoms with Gasteiger partial charge in [0, 0.05) is 12.1 Å². The summed E-state index contributed by atoms with van der Waals surface area (Å²) in [5, 5.41) is 18.8. The Kier molecular flexibility index (Phi) is 3.89. The van der Waals surface area contributed by atoms with E-state index in [1.807, 2.05) is 0 Å². The number of halogens is 3. The van der Waals surface area contributed by atoms with Gasteiger partial charge in [-0.05, 0) is 6.07 Å². The van der Waals surface area contributed by atoms with Gasteiger partial charge in [-0.2, -0.15) is 13.2 Å². The molecule has 0 bridgehead atoms. The highest BCUT2D eigenvalue weighted by atomic mass is 19.4. The molecule has 0 aliphatic heterocycles. The third-order valence-electron chi connectivity index (χ3n) is 1.83. The number of nitrogens with zero attached hydrogens (tertiary/aromatic N) is 1. The monoisotopic (exact) mass is 251 g/mol. The van der Waals surface area contributed by atoms with Gasteiger partial charge in [0.05, 0.1) is 11.5 Å². The molecule has 1 aromatic rings. The second-order valence-electron chi connectivity index (χ2n) is 3.01. The Balaban J connectivity index is 3.17. The topological polar surface area (TPSA) is 72.6 Å². The first-order valence-electron chi connectivity index (χ1n) is 4.45. The predicted molar refractivity (Wildman–Crippen MR) is 50.7 cm³/mol. The van der Waals surface area contributed by atoms with Gasteiger partial charge in [0.2, 0.25) is 0 Å². The molecule has 0 amide bonds. The van der Waals surface area contributed by atoms with Crippen LogP contribution in [0, 0.1) is 10.1 Å². The van der Waals surface area contributed by atoms with Crippen LogP contribution in [0.3, 0.4) is 0 Å². The van der Waals surface area contributed by atoms with Crippen LogP contribution in [0.1, 0.15) is 5.56 Å². The number of alkyl halides is 3. The zero-order chi connectivity index (χ0) is 13.1. The van der Waals surface area contributed by atoms with Crippen molar-refractivity contribution in [3.8, 4) is 5.75 Å². The molecular formula is C9H8F3NO4. The quantitative estimate of drug-likeness (QED) is 0.656. The summed E-state index contributed by atoms with van der Waals surface area (Å²) >= 11 is 0. The molecule has 5 nitrogen and oxygen atoms in total. The van der Waals surface area contributed by atoms with Crippen LogP contribution >= 0.6 is 0 Å². The van der Waals surface area contributed by atoms with E-state index in [1.165, 1.54) is 0 Å². The highest BCUT2D eigenvalue weighted by molar-refractivity contribution is 5.45. The third-order valence-corrected chi connectivity index (χ3v) is 1.83. The fourth-order valence-corrected chi connectivity index (χ4v) is 1.13. The molecule has 0 unspecified atom stereocenters. The molecule has 94 valence electrons. The molecule has 0 aliphatic rings. The van der Waals surface area contributed by atoms with Gasteiger partial charge in [-0.15, -0.1) is 0 Å². The van der Waals surface area contributed by atoms with Crippen LogP contribution < -0.4 is 4.74 Å². The summed E-state index contributed by atoms with van der Waals surface area (Å²) < 4.78 is 42.3. The Bertz CT molecular complexity index is 419. The van der Waals surface area contributed by atoms with Crippen LogP contribution in [-0.2, 0) is 6.18 Å². The highest BCUT2D eigenvalue weighted by Crippen LogP contribution is 2.38. The largest absolute Gasteiger partial charge is 0.491 e. The highest BCUT2D eigenvalue weighted by Gasteiger charge is 2.36. The van der Waals surface area contributed by atoms with Crippen molar-refractivity contribution < 1.29 is 27.9 Å². The molecule has 0 saturated heterocycles. The van der Waals surface area contributed by atoms with E-state index < -0.39 is 34.7 Å². The minimum absolute atomic E-state index is 0.319. The Morgan fingerprint density at radius 2 is 2.06 bits per heavy atom. The first-order valence-corrected chi connectivity index (χ1v) is 4.45. The Morgan fingerprint density at radius 3 is 2.53 bits per heavy atom. The molecule has 0 heterocycles. The van der Waals surface area contributed by atoms with Crippen molar-refractivity contribution in [1.82, 2.24) is 0 Å². The summed E-state index contributed by atoms with van der Waals surface area (Å²) in [5.41, 5.74) is -1.91. The number of hydrogen-bond acceptors (Lipinski definition) is 4. The normalized spacial score (nSPS) is 11.3. The van der Waals surface area contributed by atoms with Crippen LogP contribution in [0.25, 0.3) is 0 Å². The average molecular weight is 251 g/mol. The smallest absolute Gasteiger partial charge is 0.420 e. The predicted octanol–water partition coefficient (Wildman–Crippen LogP) is 1.98. The van der Waals surface area contributed by atoms with Gasteiger partial charge in [0.25, 0.3) is 5.69 Å². The van der Waals surface area contributed by atoms with E-state index in [0.29, 0.717) is 6.07 Å². The molecular weight excluding hydrogens is 243 g/mol. The first-order chi connectivity index (χ1) is 7.86. The summed E-state index contributed by atoms with van der Waals surface area (Å²) in [6.45, 7) is -0.769. The van der Waals surface area contributed by atoms with E-state index in [9.17, 15) is 23.3 Å². The minimum atomic E-state index is -4.75. The molecule has 1 N–H and O–H groups in total. The van der Waals surface area contributed by atoms with Crippen molar-refractivity contribution in [2.24, 2.45) is 0 Å². The lowest BCUT2D eigenvalue weighted by Gasteiger charge is -2.12. The maximum Gasteiger partial charge on any atom is 0.420 e. The number of rotatable bonds is 4. The molecule has 0 atom stereocenters. The number of aliphatic hydroxyl groups is 1. The Morgan fingerprint density at radius 1 is 1.41 bits per heavy atom. The van der Waals surface area contributed by atoms with Gasteiger partial charge >= 0.3 is 6.18 Å². The van der Waals surface area contributed by atoms with Crippen molar-refractivity contribution in [2.45, 2.75) is 6.18 Å². The molecule has 1 aromatic carbocycles. The Labute approximate surface area is 93.6 Å². The number of hydrogen-bond donors (Lipinski definition) is 1. The van der Waals surface area contributed by atoms with Gasteiger partial charge in [0.1, 0.15) is 17.9 Å². The second kappa shape index (κ2) is 5.00. The maximum absolute atomic E-state index is 12.6. The molecule has 0 fully saturated rings. The van der Waals surface area contributed by atoms with E-state index in [0.717, 1.165) is 12.1 Å². The van der Waals surface area contributed by atoms with Gasteiger partial charge < -0.3 is 9.84 Å². The van der Waals surface area contributed by atoms with Crippen molar-refractivity contribution in [3.63, 3.8) is 0 Å². The zero-order valence-corrected chi connectivity index (χ0v) is 8.40. The maximum atomic E-state index is 12.6. The van der Waals surface area contributed by atoms with Crippen LogP contribution in [0.2, 0.25) is 0 Å². The van der Waals surface area contributed by atoms with Gasteiger partial charge in [-0.25, -0.2) is 0 Å². The van der Waals surface area contributed by atoms with E-state index in [4.69, 9.17) is 5.11 Å². The standard InChI is InChI=1S/C9H8F3NO4/c10-9(11,12)7-5-6(13(15)16)1-2-8(7)17-4-3-14/h1-2,5,14H,3-4H2. The zero-order valence-electron chi connectivity index (χ0n) is 8.40. The third kappa shape index (κ3) is 3.31. The summed E-state index contributed by atoms with van der Waals surface area (Å²) in [6, 6.07) is 2.16. The van der Waals surface area contributed by atoms with Gasteiger partial charge in [-0.1, -0.05) is 0 Å². The number of aliphatic hydroxyl groups excluding tert-OH is 1. The van der Waals surface area contributed by atoms with Crippen molar-refractivity contribution in [1.29, 1.82) is 0 Å². The van der Waals surface area contributed by atoms with Crippen LogP contribution in [0.5, 0.6) is 5.75 Å². The lowest BCUT2D eigenvalue weighted by molar-refractivity contribution is -0.385. The SMILES string of the molecule is O=[N+]([O-])c1ccc(OCCO)c(C(F)(F)F)c1. The van der Waals surface area contributed by atoms with Gasteiger partial charge in [0.15, 0.2) is 0 Å². The van der Waals surface area contributed by atoms with E-state index >= 15 is 0 Å². The van der Waals surface area contributed by atoms with E-state index in [1.54, 1.807) is 0 Å². The molecule has 0 radical (unpaired) electrons. The number of ether oxygens (including phenoxy) is 1. The van der Waals surface area contributed by atoms with Gasteiger partial charge in [-0.3, -0.25) is 10.1 Å². The number of non-ortho nitro benzene ring substituents is 1. The molecule has 1 rings (SSSR count). The molecule has 0 aliphatic carbocycles. The summed E-state index contributed by atoms with van der Waals surface area (Å²) in [4.78, 5) is 9.44. The van der Waals surface area contributed by atoms with Crippen LogP contribution in [0.15, 0.2) is 18.2 Å². The first kappa shape index (κ1) is 13.2. The number of nitro groups is 1. The van der Waals surface area contributed by atoms with Crippen molar-refractivity contribution >= 4 is 5.69 Å². The molecule has 0 saturated carbocycles. The molecule has 0 spiro atoms. The summed E-state index contributed by atoms with van der Waals surface area (Å²) in [6.07, 6.45) is -4.75. The molecule has 17 heavy (non-hydrogen) atoms. The lowest BCUT2D eigenvalue weighted by atomic mass is 10.1. The minimum Gasteiger partial charge on any atom is -0.491 e.